The van der Waals surface area contributed by atoms with E-state index in [4.69, 9.17) is 20.8 Å². The molecular formula is C13H15ClN2O2. The molecule has 96 valence electrons. The van der Waals surface area contributed by atoms with E-state index in [1.54, 1.807) is 7.05 Å². The molecule has 0 aliphatic heterocycles. The molecule has 4 nitrogen and oxygen atoms in total. The van der Waals surface area contributed by atoms with E-state index in [0.29, 0.717) is 29.2 Å². The van der Waals surface area contributed by atoms with Crippen LogP contribution in [0.3, 0.4) is 0 Å². The van der Waals surface area contributed by atoms with Crippen molar-refractivity contribution >= 4 is 17.6 Å². The summed E-state index contributed by atoms with van der Waals surface area (Å²) >= 11 is 6.15. The van der Waals surface area contributed by atoms with E-state index < -0.39 is 0 Å². The van der Waals surface area contributed by atoms with Crippen LogP contribution < -0.4 is 10.1 Å². The number of aromatic nitrogens is 1. The number of nitrogens with zero attached hydrogens (tertiary/aromatic N) is 1. The van der Waals surface area contributed by atoms with Crippen molar-refractivity contribution in [3.63, 3.8) is 0 Å². The maximum Gasteiger partial charge on any atom is 0.295 e. The lowest BCUT2D eigenvalue weighted by molar-refractivity contribution is 0.340. The van der Waals surface area contributed by atoms with Crippen LogP contribution in [0.4, 0.5) is 6.01 Å². The van der Waals surface area contributed by atoms with E-state index in [1.807, 2.05) is 32.0 Å². The second-order valence-electron chi connectivity index (χ2n) is 3.76. The topological polar surface area (TPSA) is 47.3 Å². The predicted molar refractivity (Wildman–Crippen MR) is 72.4 cm³/mol. The summed E-state index contributed by atoms with van der Waals surface area (Å²) in [5.41, 5.74) is 1.70. The number of rotatable bonds is 4. The van der Waals surface area contributed by atoms with Crippen molar-refractivity contribution in [2.45, 2.75) is 13.8 Å². The van der Waals surface area contributed by atoms with Crippen molar-refractivity contribution in [3.05, 3.63) is 28.9 Å². The van der Waals surface area contributed by atoms with Crippen molar-refractivity contribution in [2.24, 2.45) is 0 Å². The summed E-state index contributed by atoms with van der Waals surface area (Å²) in [5, 5.41) is 3.43. The number of oxazole rings is 1. The number of aryl methyl sites for hydroxylation is 1. The molecule has 18 heavy (non-hydrogen) atoms. The van der Waals surface area contributed by atoms with Crippen LogP contribution >= 0.6 is 11.6 Å². The fraction of sp³-hybridized carbons (Fsp3) is 0.308. The molecule has 2 rings (SSSR count). The minimum absolute atomic E-state index is 0.493. The van der Waals surface area contributed by atoms with Gasteiger partial charge in [-0.2, -0.15) is 4.98 Å². The molecule has 0 radical (unpaired) electrons. The van der Waals surface area contributed by atoms with E-state index in [1.165, 1.54) is 0 Å². The Bertz CT molecular complexity index is 552. The quantitative estimate of drug-likeness (QED) is 0.916. The number of ether oxygens (including phenoxy) is 1. The third-order valence-corrected chi connectivity index (χ3v) is 2.80. The van der Waals surface area contributed by atoms with Crippen LogP contribution in [0.25, 0.3) is 11.3 Å². The largest absolute Gasteiger partial charge is 0.492 e. The van der Waals surface area contributed by atoms with Crippen molar-refractivity contribution < 1.29 is 9.15 Å². The van der Waals surface area contributed by atoms with Gasteiger partial charge in [0.15, 0.2) is 5.76 Å². The van der Waals surface area contributed by atoms with Crippen LogP contribution in [-0.4, -0.2) is 18.6 Å². The Labute approximate surface area is 111 Å². The Kier molecular flexibility index (Phi) is 3.77. The third-order valence-electron chi connectivity index (χ3n) is 2.50. The first-order chi connectivity index (χ1) is 8.65. The monoisotopic (exact) mass is 266 g/mol. The van der Waals surface area contributed by atoms with E-state index in [-0.39, 0.29) is 0 Å². The predicted octanol–water partition coefficient (Wildman–Crippen LogP) is 3.74. The number of anilines is 1. The molecule has 1 aromatic heterocycles. The minimum Gasteiger partial charge on any atom is -0.492 e. The molecule has 0 unspecified atom stereocenters. The lowest BCUT2D eigenvalue weighted by Gasteiger charge is -2.06. The van der Waals surface area contributed by atoms with Crippen LogP contribution in [0.2, 0.25) is 5.02 Å². The zero-order valence-electron chi connectivity index (χ0n) is 10.6. The highest BCUT2D eigenvalue weighted by molar-refractivity contribution is 6.32. The summed E-state index contributed by atoms with van der Waals surface area (Å²) in [4.78, 5) is 4.24. The standard InChI is InChI=1S/C13H15ClN2O2/c1-4-17-11-6-5-9(7-10(11)14)12-8(2)16-13(15-3)18-12/h5-7H,4H2,1-3H3,(H,15,16). The summed E-state index contributed by atoms with van der Waals surface area (Å²) in [6, 6.07) is 6.05. The van der Waals surface area contributed by atoms with Crippen LogP contribution in [-0.2, 0) is 0 Å². The van der Waals surface area contributed by atoms with Crippen LogP contribution in [0.5, 0.6) is 5.75 Å². The van der Waals surface area contributed by atoms with Gasteiger partial charge in [-0.1, -0.05) is 11.6 Å². The van der Waals surface area contributed by atoms with Gasteiger partial charge in [-0.25, -0.2) is 0 Å². The minimum atomic E-state index is 0.493. The first-order valence-electron chi connectivity index (χ1n) is 5.73. The molecule has 0 fully saturated rings. The van der Waals surface area contributed by atoms with Gasteiger partial charge in [0, 0.05) is 12.6 Å². The average molecular weight is 267 g/mol. The number of halogens is 1. The molecule has 0 saturated carbocycles. The Hall–Kier alpha value is -1.68. The summed E-state index contributed by atoms with van der Waals surface area (Å²) in [6.45, 7) is 4.40. The lowest BCUT2D eigenvalue weighted by Crippen LogP contribution is -1.92. The molecular weight excluding hydrogens is 252 g/mol. The number of nitrogens with one attached hydrogen (secondary N) is 1. The fourth-order valence-electron chi connectivity index (χ4n) is 1.69. The van der Waals surface area contributed by atoms with E-state index in [0.717, 1.165) is 11.3 Å². The molecule has 1 N–H and O–H groups in total. The van der Waals surface area contributed by atoms with E-state index >= 15 is 0 Å². The average Bonchev–Trinajstić information content (AvgIpc) is 2.73. The normalized spacial score (nSPS) is 10.4. The van der Waals surface area contributed by atoms with Gasteiger partial charge in [-0.3, -0.25) is 0 Å². The number of hydrogen-bond donors (Lipinski definition) is 1. The van der Waals surface area contributed by atoms with Gasteiger partial charge in [-0.05, 0) is 32.0 Å². The molecule has 2 aromatic rings. The molecule has 0 aliphatic carbocycles. The Balaban J connectivity index is 2.38. The Morgan fingerprint density at radius 1 is 1.44 bits per heavy atom. The Morgan fingerprint density at radius 2 is 2.22 bits per heavy atom. The first-order valence-corrected chi connectivity index (χ1v) is 6.11. The van der Waals surface area contributed by atoms with Gasteiger partial charge in [0.25, 0.3) is 6.01 Å². The van der Waals surface area contributed by atoms with E-state index in [9.17, 15) is 0 Å². The smallest absolute Gasteiger partial charge is 0.295 e. The molecule has 1 heterocycles. The zero-order valence-corrected chi connectivity index (χ0v) is 11.3. The highest BCUT2D eigenvalue weighted by atomic mass is 35.5. The van der Waals surface area contributed by atoms with Gasteiger partial charge in [0.05, 0.1) is 17.3 Å². The van der Waals surface area contributed by atoms with Gasteiger partial charge < -0.3 is 14.5 Å². The maximum atomic E-state index is 6.15. The van der Waals surface area contributed by atoms with Gasteiger partial charge in [0.1, 0.15) is 5.75 Å². The molecule has 0 atom stereocenters. The van der Waals surface area contributed by atoms with Crippen molar-refractivity contribution in [1.29, 1.82) is 0 Å². The van der Waals surface area contributed by atoms with Crippen LogP contribution in [0.15, 0.2) is 22.6 Å². The van der Waals surface area contributed by atoms with Crippen molar-refractivity contribution in [1.82, 2.24) is 4.98 Å². The van der Waals surface area contributed by atoms with Crippen LogP contribution in [0.1, 0.15) is 12.6 Å². The maximum absolute atomic E-state index is 6.15. The number of hydrogen-bond acceptors (Lipinski definition) is 4. The molecule has 0 aliphatic rings. The van der Waals surface area contributed by atoms with Gasteiger partial charge in [0.2, 0.25) is 0 Å². The molecule has 0 amide bonds. The molecule has 0 bridgehead atoms. The molecule has 1 aromatic carbocycles. The molecule has 0 saturated heterocycles. The summed E-state index contributed by atoms with van der Waals surface area (Å²) in [6.07, 6.45) is 0. The lowest BCUT2D eigenvalue weighted by atomic mass is 10.1. The summed E-state index contributed by atoms with van der Waals surface area (Å²) in [7, 11) is 1.76. The third kappa shape index (κ3) is 2.43. The SMILES string of the molecule is CCOc1ccc(-c2oc(NC)nc2C)cc1Cl. The summed E-state index contributed by atoms with van der Waals surface area (Å²) < 4.78 is 11.0. The Morgan fingerprint density at radius 3 is 2.78 bits per heavy atom. The van der Waals surface area contributed by atoms with Crippen LogP contribution in [0, 0.1) is 6.92 Å². The van der Waals surface area contributed by atoms with Gasteiger partial charge >= 0.3 is 0 Å². The molecule has 5 heteroatoms. The summed E-state index contributed by atoms with van der Waals surface area (Å²) in [5.74, 6) is 1.39. The van der Waals surface area contributed by atoms with Crippen molar-refractivity contribution in [2.75, 3.05) is 19.0 Å². The highest BCUT2D eigenvalue weighted by Crippen LogP contribution is 2.33. The second kappa shape index (κ2) is 5.31. The first kappa shape index (κ1) is 12.8. The van der Waals surface area contributed by atoms with Gasteiger partial charge in [-0.15, -0.1) is 0 Å². The second-order valence-corrected chi connectivity index (χ2v) is 4.17. The highest BCUT2D eigenvalue weighted by Gasteiger charge is 2.12. The zero-order chi connectivity index (χ0) is 13.1. The van der Waals surface area contributed by atoms with E-state index in [2.05, 4.69) is 10.3 Å². The fourth-order valence-corrected chi connectivity index (χ4v) is 1.92. The molecule has 0 spiro atoms. The van der Waals surface area contributed by atoms with Crippen molar-refractivity contribution in [3.8, 4) is 17.1 Å². The number of benzene rings is 1.